The van der Waals surface area contributed by atoms with Gasteiger partial charge in [0.15, 0.2) is 0 Å². The summed E-state index contributed by atoms with van der Waals surface area (Å²) in [4.78, 5) is 0. The first kappa shape index (κ1) is 10.0. The number of hydrogen-bond donors (Lipinski definition) is 1. The summed E-state index contributed by atoms with van der Waals surface area (Å²) in [5.41, 5.74) is 0. The van der Waals surface area contributed by atoms with Gasteiger partial charge in [-0.15, -0.1) is 0 Å². The van der Waals surface area contributed by atoms with Crippen molar-refractivity contribution in [1.29, 1.82) is 0 Å². The second-order valence-electron chi connectivity index (χ2n) is 3.73. The number of aliphatic hydroxyl groups excluding tert-OH is 1. The highest BCUT2D eigenvalue weighted by Gasteiger charge is 2.18. The van der Waals surface area contributed by atoms with Crippen LogP contribution in [0, 0.1) is 0 Å². The van der Waals surface area contributed by atoms with Gasteiger partial charge in [0.25, 0.3) is 0 Å². The first-order chi connectivity index (χ1) is 5.83. The van der Waals surface area contributed by atoms with Crippen LogP contribution in [-0.4, -0.2) is 23.8 Å². The maximum absolute atomic E-state index is 9.58. The fourth-order valence-corrected chi connectivity index (χ4v) is 1.76. The lowest BCUT2D eigenvalue weighted by atomic mass is 10.0. The molecular weight excluding hydrogens is 150 g/mol. The molecule has 1 aliphatic heterocycles. The van der Waals surface area contributed by atoms with Crippen molar-refractivity contribution in [3.05, 3.63) is 0 Å². The monoisotopic (exact) mass is 170 g/mol. The predicted octanol–water partition coefficient (Wildman–Crippen LogP) is 1.69. The van der Waals surface area contributed by atoms with Gasteiger partial charge in [-0.1, -0.05) is 19.8 Å². The van der Waals surface area contributed by atoms with Crippen LogP contribution in [0.4, 0.5) is 0 Å². The maximum Gasteiger partial charge on any atom is 0.0555 e. The molecule has 1 heterocycles. The van der Waals surface area contributed by atoms with Crippen molar-refractivity contribution in [3.8, 4) is 0 Å². The molecule has 2 heteroatoms. The van der Waals surface area contributed by atoms with Crippen molar-refractivity contribution in [2.75, 3.05) is 6.54 Å². The standard InChI is InChI=1S/C10H20NO/c1-2-3-6-10(12)8-9-5-4-7-11-9/h9-10,12H,2-8H2,1H3. The molecule has 0 aromatic rings. The minimum absolute atomic E-state index is 0.100. The fraction of sp³-hybridized carbons (Fsp3) is 1.00. The molecule has 1 saturated heterocycles. The summed E-state index contributed by atoms with van der Waals surface area (Å²) in [5.74, 6) is 0. The van der Waals surface area contributed by atoms with Crippen molar-refractivity contribution in [3.63, 3.8) is 0 Å². The Labute approximate surface area is 75.4 Å². The molecule has 1 N–H and O–H groups in total. The lowest BCUT2D eigenvalue weighted by molar-refractivity contribution is 0.139. The summed E-state index contributed by atoms with van der Waals surface area (Å²) in [7, 11) is 0. The Hall–Kier alpha value is -0.0800. The van der Waals surface area contributed by atoms with Crippen molar-refractivity contribution < 1.29 is 5.11 Å². The summed E-state index contributed by atoms with van der Waals surface area (Å²) < 4.78 is 0. The van der Waals surface area contributed by atoms with E-state index in [-0.39, 0.29) is 6.10 Å². The summed E-state index contributed by atoms with van der Waals surface area (Å²) >= 11 is 0. The smallest absolute Gasteiger partial charge is 0.0555 e. The molecule has 1 rings (SSSR count). The lowest BCUT2D eigenvalue weighted by Gasteiger charge is -2.14. The van der Waals surface area contributed by atoms with Gasteiger partial charge in [0, 0.05) is 12.6 Å². The molecule has 12 heavy (non-hydrogen) atoms. The molecule has 0 aromatic carbocycles. The Kier molecular flexibility index (Phi) is 4.62. The molecule has 71 valence electrons. The molecule has 1 aliphatic rings. The van der Waals surface area contributed by atoms with Gasteiger partial charge in [-0.05, 0) is 25.7 Å². The molecule has 0 spiro atoms. The molecule has 0 bridgehead atoms. The van der Waals surface area contributed by atoms with Gasteiger partial charge >= 0.3 is 0 Å². The molecule has 1 radical (unpaired) electrons. The lowest BCUT2D eigenvalue weighted by Crippen LogP contribution is -2.21. The van der Waals surface area contributed by atoms with Gasteiger partial charge in [0.05, 0.1) is 6.10 Å². The van der Waals surface area contributed by atoms with Crippen molar-refractivity contribution >= 4 is 0 Å². The molecule has 2 atom stereocenters. The van der Waals surface area contributed by atoms with Crippen LogP contribution in [0.5, 0.6) is 0 Å². The normalized spacial score (nSPS) is 26.0. The van der Waals surface area contributed by atoms with Crippen LogP contribution in [0.15, 0.2) is 0 Å². The van der Waals surface area contributed by atoms with Gasteiger partial charge in [-0.25, -0.2) is 5.32 Å². The van der Waals surface area contributed by atoms with Crippen LogP contribution in [0.1, 0.15) is 45.4 Å². The van der Waals surface area contributed by atoms with Crippen LogP contribution < -0.4 is 5.32 Å². The van der Waals surface area contributed by atoms with E-state index in [1.165, 1.54) is 19.3 Å². The van der Waals surface area contributed by atoms with Crippen LogP contribution in [0.3, 0.4) is 0 Å². The first-order valence-corrected chi connectivity index (χ1v) is 5.17. The molecule has 0 aliphatic carbocycles. The van der Waals surface area contributed by atoms with Gasteiger partial charge in [0.2, 0.25) is 0 Å². The Morgan fingerprint density at radius 2 is 2.42 bits per heavy atom. The molecule has 0 saturated carbocycles. The zero-order valence-corrected chi connectivity index (χ0v) is 8.00. The molecule has 2 unspecified atom stereocenters. The van der Waals surface area contributed by atoms with E-state index in [2.05, 4.69) is 12.2 Å². The van der Waals surface area contributed by atoms with Crippen molar-refractivity contribution in [1.82, 2.24) is 5.32 Å². The zero-order valence-electron chi connectivity index (χ0n) is 8.00. The largest absolute Gasteiger partial charge is 0.393 e. The Balaban J connectivity index is 2.03. The van der Waals surface area contributed by atoms with Crippen LogP contribution in [0.25, 0.3) is 0 Å². The summed E-state index contributed by atoms with van der Waals surface area (Å²) in [6, 6.07) is 0.469. The second kappa shape index (κ2) is 5.55. The topological polar surface area (TPSA) is 34.3 Å². The molecule has 0 amide bonds. The minimum atomic E-state index is -0.100. The van der Waals surface area contributed by atoms with E-state index < -0.39 is 0 Å². The van der Waals surface area contributed by atoms with Gasteiger partial charge in [-0.2, -0.15) is 0 Å². The van der Waals surface area contributed by atoms with Crippen molar-refractivity contribution in [2.24, 2.45) is 0 Å². The highest BCUT2D eigenvalue weighted by molar-refractivity contribution is 4.76. The zero-order chi connectivity index (χ0) is 8.81. The third-order valence-electron chi connectivity index (χ3n) is 2.52. The number of aliphatic hydroxyl groups is 1. The van der Waals surface area contributed by atoms with E-state index in [9.17, 15) is 5.11 Å². The Morgan fingerprint density at radius 1 is 1.58 bits per heavy atom. The first-order valence-electron chi connectivity index (χ1n) is 5.17. The summed E-state index contributed by atoms with van der Waals surface area (Å²) in [5, 5.41) is 14.0. The predicted molar refractivity (Wildman–Crippen MR) is 50.2 cm³/mol. The average molecular weight is 170 g/mol. The number of unbranched alkanes of at least 4 members (excludes halogenated alkanes) is 1. The fourth-order valence-electron chi connectivity index (χ4n) is 1.76. The highest BCUT2D eigenvalue weighted by Crippen LogP contribution is 2.15. The minimum Gasteiger partial charge on any atom is -0.393 e. The molecule has 1 fully saturated rings. The molecule has 2 nitrogen and oxygen atoms in total. The van der Waals surface area contributed by atoms with Gasteiger partial charge < -0.3 is 5.11 Å². The van der Waals surface area contributed by atoms with Gasteiger partial charge in [-0.3, -0.25) is 0 Å². The average Bonchev–Trinajstić information content (AvgIpc) is 2.53. The van der Waals surface area contributed by atoms with Crippen LogP contribution in [-0.2, 0) is 0 Å². The van der Waals surface area contributed by atoms with E-state index in [1.54, 1.807) is 0 Å². The van der Waals surface area contributed by atoms with Crippen molar-refractivity contribution in [2.45, 2.75) is 57.6 Å². The Morgan fingerprint density at radius 3 is 3.00 bits per heavy atom. The van der Waals surface area contributed by atoms with E-state index in [1.807, 2.05) is 0 Å². The molecular formula is C10H20NO. The quantitative estimate of drug-likeness (QED) is 0.669. The third kappa shape index (κ3) is 3.55. The summed E-state index contributed by atoms with van der Waals surface area (Å²) in [6.45, 7) is 3.18. The third-order valence-corrected chi connectivity index (χ3v) is 2.52. The van der Waals surface area contributed by atoms with Crippen LogP contribution in [0.2, 0.25) is 0 Å². The van der Waals surface area contributed by atoms with E-state index in [0.29, 0.717) is 6.04 Å². The number of hydrogen-bond acceptors (Lipinski definition) is 1. The second-order valence-corrected chi connectivity index (χ2v) is 3.73. The maximum atomic E-state index is 9.58. The summed E-state index contributed by atoms with van der Waals surface area (Å²) in [6.07, 6.45) is 6.51. The van der Waals surface area contributed by atoms with E-state index >= 15 is 0 Å². The SMILES string of the molecule is CCCCC(O)CC1CCC[N]1. The number of nitrogens with zero attached hydrogens (tertiary/aromatic N) is 1. The number of rotatable bonds is 5. The highest BCUT2D eigenvalue weighted by atomic mass is 16.3. The Bertz CT molecular complexity index is 110. The van der Waals surface area contributed by atoms with Crippen LogP contribution >= 0.6 is 0 Å². The van der Waals surface area contributed by atoms with E-state index in [4.69, 9.17) is 0 Å². The molecule has 0 aromatic heterocycles. The van der Waals surface area contributed by atoms with E-state index in [0.717, 1.165) is 25.8 Å². The van der Waals surface area contributed by atoms with Gasteiger partial charge in [0.1, 0.15) is 0 Å².